The lowest BCUT2D eigenvalue weighted by atomic mass is 10.2. The highest BCUT2D eigenvalue weighted by Gasteiger charge is 2.09. The fourth-order valence-electron chi connectivity index (χ4n) is 2.23. The Morgan fingerprint density at radius 1 is 1.20 bits per heavy atom. The predicted octanol–water partition coefficient (Wildman–Crippen LogP) is 3.65. The molecule has 0 heterocycles. The predicted molar refractivity (Wildman–Crippen MR) is 96.9 cm³/mol. The van der Waals surface area contributed by atoms with E-state index in [0.717, 1.165) is 5.56 Å². The molecule has 25 heavy (non-hydrogen) atoms. The van der Waals surface area contributed by atoms with E-state index in [0.29, 0.717) is 23.6 Å². The Balaban J connectivity index is 1.91. The van der Waals surface area contributed by atoms with Crippen LogP contribution in [0.1, 0.15) is 25.0 Å². The second kappa shape index (κ2) is 8.94. The lowest BCUT2D eigenvalue weighted by Gasteiger charge is -2.12. The van der Waals surface area contributed by atoms with Gasteiger partial charge in [0.1, 0.15) is 0 Å². The number of nitrogens with one attached hydrogen (secondary N) is 2. The fourth-order valence-corrected chi connectivity index (χ4v) is 2.23. The van der Waals surface area contributed by atoms with Gasteiger partial charge in [0.2, 0.25) is 0 Å². The summed E-state index contributed by atoms with van der Waals surface area (Å²) in [5, 5.41) is 15.5. The number of benzene rings is 2. The Hall–Kier alpha value is -2.73. The lowest BCUT2D eigenvalue weighted by molar-refractivity contribution is 0.0657. The average molecular weight is 344 g/mol. The molecule has 0 unspecified atom stereocenters. The minimum Gasteiger partial charge on any atom is -0.504 e. The van der Waals surface area contributed by atoms with Gasteiger partial charge in [-0.15, -0.1) is 0 Å². The van der Waals surface area contributed by atoms with Crippen LogP contribution >= 0.6 is 0 Å². The van der Waals surface area contributed by atoms with Gasteiger partial charge in [0, 0.05) is 17.8 Å². The zero-order valence-electron chi connectivity index (χ0n) is 14.7. The molecule has 0 spiro atoms. The van der Waals surface area contributed by atoms with Crippen molar-refractivity contribution in [1.29, 1.82) is 0 Å². The van der Waals surface area contributed by atoms with Crippen molar-refractivity contribution in [3.63, 3.8) is 0 Å². The van der Waals surface area contributed by atoms with Crippen molar-refractivity contribution in [3.8, 4) is 11.5 Å². The molecule has 0 saturated heterocycles. The summed E-state index contributed by atoms with van der Waals surface area (Å²) in [4.78, 5) is 12.1. The number of ether oxygens (including phenoxy) is 2. The first kappa shape index (κ1) is 18.6. The smallest absolute Gasteiger partial charge is 0.319 e. The van der Waals surface area contributed by atoms with Crippen molar-refractivity contribution in [2.45, 2.75) is 33.1 Å². The maximum Gasteiger partial charge on any atom is 0.319 e. The fraction of sp³-hybridized carbons (Fsp3) is 0.316. The molecule has 0 fully saturated rings. The first-order valence-corrected chi connectivity index (χ1v) is 8.10. The van der Waals surface area contributed by atoms with Crippen LogP contribution in [0.25, 0.3) is 0 Å². The first-order valence-electron chi connectivity index (χ1n) is 8.10. The van der Waals surface area contributed by atoms with Gasteiger partial charge in [-0.2, -0.15) is 0 Å². The number of anilines is 1. The van der Waals surface area contributed by atoms with E-state index in [-0.39, 0.29) is 24.4 Å². The number of aromatic hydroxyl groups is 1. The number of rotatable bonds is 7. The molecule has 2 amide bonds. The molecular formula is C19H24N2O4. The Labute approximate surface area is 147 Å². The van der Waals surface area contributed by atoms with Crippen LogP contribution in [0.15, 0.2) is 42.5 Å². The molecule has 0 aliphatic carbocycles. The van der Waals surface area contributed by atoms with Crippen molar-refractivity contribution in [2.75, 3.05) is 12.4 Å². The molecule has 134 valence electrons. The third kappa shape index (κ3) is 5.69. The highest BCUT2D eigenvalue weighted by molar-refractivity contribution is 5.89. The minimum atomic E-state index is -0.357. The van der Waals surface area contributed by atoms with E-state index >= 15 is 0 Å². The monoisotopic (exact) mass is 344 g/mol. The maximum absolute atomic E-state index is 12.1. The first-order chi connectivity index (χ1) is 12.0. The summed E-state index contributed by atoms with van der Waals surface area (Å²) in [5.41, 5.74) is 2.24. The topological polar surface area (TPSA) is 79.8 Å². The van der Waals surface area contributed by atoms with Crippen LogP contribution in [0.3, 0.4) is 0 Å². The van der Waals surface area contributed by atoms with E-state index in [1.165, 1.54) is 7.11 Å². The molecule has 0 aliphatic rings. The van der Waals surface area contributed by atoms with Crippen LogP contribution in [-0.2, 0) is 17.9 Å². The number of carbonyl (C=O) groups is 1. The summed E-state index contributed by atoms with van der Waals surface area (Å²) in [6.45, 7) is 4.63. The van der Waals surface area contributed by atoms with E-state index in [1.54, 1.807) is 18.2 Å². The standard InChI is InChI=1S/C19H24N2O4/c1-13(2)25-12-14-6-4-8-16(10-14)21-19(23)20-11-15-7-5-9-17(24-3)18(15)22/h4-10,13,22H,11-12H2,1-3H3,(H2,20,21,23). The molecule has 6 nitrogen and oxygen atoms in total. The number of hydrogen-bond acceptors (Lipinski definition) is 4. The van der Waals surface area contributed by atoms with Gasteiger partial charge in [-0.05, 0) is 37.6 Å². The van der Waals surface area contributed by atoms with Crippen molar-refractivity contribution in [2.24, 2.45) is 0 Å². The van der Waals surface area contributed by atoms with Crippen LogP contribution in [-0.4, -0.2) is 24.4 Å². The van der Waals surface area contributed by atoms with Gasteiger partial charge in [0.05, 0.1) is 19.8 Å². The Morgan fingerprint density at radius 2 is 1.96 bits per heavy atom. The highest BCUT2D eigenvalue weighted by Crippen LogP contribution is 2.29. The molecular weight excluding hydrogens is 320 g/mol. The molecule has 0 bridgehead atoms. The quantitative estimate of drug-likeness (QED) is 0.716. The summed E-state index contributed by atoms with van der Waals surface area (Å²) < 4.78 is 10.6. The molecule has 0 atom stereocenters. The summed E-state index contributed by atoms with van der Waals surface area (Å²) in [7, 11) is 1.48. The SMILES string of the molecule is COc1cccc(CNC(=O)Nc2cccc(COC(C)C)c2)c1O. The van der Waals surface area contributed by atoms with Gasteiger partial charge >= 0.3 is 6.03 Å². The van der Waals surface area contributed by atoms with E-state index in [2.05, 4.69) is 10.6 Å². The molecule has 0 aromatic heterocycles. The number of para-hydroxylation sites is 1. The number of carbonyl (C=O) groups excluding carboxylic acids is 1. The van der Waals surface area contributed by atoms with Gasteiger partial charge in [-0.25, -0.2) is 4.79 Å². The Bertz CT molecular complexity index is 716. The van der Waals surface area contributed by atoms with Gasteiger partial charge in [-0.3, -0.25) is 0 Å². The van der Waals surface area contributed by atoms with Crippen molar-refractivity contribution in [3.05, 3.63) is 53.6 Å². The molecule has 6 heteroatoms. The van der Waals surface area contributed by atoms with Crippen molar-refractivity contribution >= 4 is 11.7 Å². The summed E-state index contributed by atoms with van der Waals surface area (Å²) in [6.07, 6.45) is 0.149. The number of methoxy groups -OCH3 is 1. The van der Waals surface area contributed by atoms with E-state index in [9.17, 15) is 9.90 Å². The molecule has 0 radical (unpaired) electrons. The van der Waals surface area contributed by atoms with Crippen molar-refractivity contribution in [1.82, 2.24) is 5.32 Å². The van der Waals surface area contributed by atoms with Gasteiger partial charge in [0.15, 0.2) is 11.5 Å². The summed E-state index contributed by atoms with van der Waals surface area (Å²) >= 11 is 0. The molecule has 0 aliphatic heterocycles. The molecule has 2 rings (SSSR count). The largest absolute Gasteiger partial charge is 0.504 e. The van der Waals surface area contributed by atoms with E-state index < -0.39 is 0 Å². The minimum absolute atomic E-state index is 0.0260. The second-order valence-electron chi connectivity index (χ2n) is 5.84. The van der Waals surface area contributed by atoms with E-state index in [1.807, 2.05) is 38.1 Å². The average Bonchev–Trinajstić information content (AvgIpc) is 2.59. The molecule has 3 N–H and O–H groups in total. The lowest BCUT2D eigenvalue weighted by Crippen LogP contribution is -2.28. The maximum atomic E-state index is 12.1. The number of amides is 2. The second-order valence-corrected chi connectivity index (χ2v) is 5.84. The number of urea groups is 1. The third-order valence-electron chi connectivity index (χ3n) is 3.51. The zero-order chi connectivity index (χ0) is 18.2. The van der Waals surface area contributed by atoms with Crippen molar-refractivity contribution < 1.29 is 19.4 Å². The van der Waals surface area contributed by atoms with Gasteiger partial charge in [-0.1, -0.05) is 24.3 Å². The number of phenolic OH excluding ortho intramolecular Hbond substituents is 1. The number of hydrogen-bond donors (Lipinski definition) is 3. The molecule has 0 saturated carbocycles. The number of phenols is 1. The molecule has 2 aromatic carbocycles. The Kier molecular flexibility index (Phi) is 6.65. The van der Waals surface area contributed by atoms with Crippen LogP contribution in [0.2, 0.25) is 0 Å². The Morgan fingerprint density at radius 3 is 2.68 bits per heavy atom. The van der Waals surface area contributed by atoms with Crippen LogP contribution in [0.5, 0.6) is 11.5 Å². The normalized spacial score (nSPS) is 10.6. The summed E-state index contributed by atoms with van der Waals surface area (Å²) in [6, 6.07) is 12.3. The molecule has 2 aromatic rings. The van der Waals surface area contributed by atoms with Crippen LogP contribution in [0, 0.1) is 0 Å². The summed E-state index contributed by atoms with van der Waals surface area (Å²) in [5.74, 6) is 0.399. The van der Waals surface area contributed by atoms with Gasteiger partial charge in [0.25, 0.3) is 0 Å². The highest BCUT2D eigenvalue weighted by atomic mass is 16.5. The van der Waals surface area contributed by atoms with Gasteiger partial charge < -0.3 is 25.2 Å². The third-order valence-corrected chi connectivity index (χ3v) is 3.51. The van der Waals surface area contributed by atoms with E-state index in [4.69, 9.17) is 9.47 Å². The van der Waals surface area contributed by atoms with Crippen LogP contribution in [0.4, 0.5) is 10.5 Å². The van der Waals surface area contributed by atoms with Crippen LogP contribution < -0.4 is 15.4 Å². The zero-order valence-corrected chi connectivity index (χ0v) is 14.7.